The lowest BCUT2D eigenvalue weighted by molar-refractivity contribution is 0.609. The molecule has 0 saturated heterocycles. The van der Waals surface area contributed by atoms with Crippen molar-refractivity contribution in [2.24, 2.45) is 0 Å². The van der Waals surface area contributed by atoms with E-state index in [1.54, 1.807) is 6.20 Å². The second kappa shape index (κ2) is 5.46. The van der Waals surface area contributed by atoms with Gasteiger partial charge in [0.15, 0.2) is 5.82 Å². The summed E-state index contributed by atoms with van der Waals surface area (Å²) in [5.74, 6) is 1.07. The van der Waals surface area contributed by atoms with E-state index in [2.05, 4.69) is 29.1 Å². The topological polar surface area (TPSA) is 50.7 Å². The number of fused-ring (bicyclic) bond motifs is 1. The molecule has 1 aliphatic heterocycles. The van der Waals surface area contributed by atoms with E-state index in [0.717, 1.165) is 36.6 Å². The van der Waals surface area contributed by atoms with Crippen LogP contribution in [0.15, 0.2) is 18.3 Å². The van der Waals surface area contributed by atoms with Gasteiger partial charge in [-0.05, 0) is 36.6 Å². The molecule has 0 radical (unpaired) electrons. The molecule has 0 aromatic carbocycles. The number of pyridine rings is 1. The second-order valence-corrected chi connectivity index (χ2v) is 5.74. The normalized spacial score (nSPS) is 14.4. The van der Waals surface area contributed by atoms with Crippen molar-refractivity contribution in [2.45, 2.75) is 32.7 Å². The average molecular weight is 289 g/mol. The van der Waals surface area contributed by atoms with Gasteiger partial charge in [0.1, 0.15) is 5.69 Å². The Labute approximate surface area is 123 Å². The number of rotatable bonds is 2. The molecule has 0 atom stereocenters. The SMILES string of the molecule is CC(C)c1nc(-c2ccc(Cl)cn2)nc2c1CCNC2. The average Bonchev–Trinajstić information content (AvgIpc) is 2.46. The van der Waals surface area contributed by atoms with E-state index in [1.165, 1.54) is 5.56 Å². The Morgan fingerprint density at radius 2 is 2.10 bits per heavy atom. The zero-order chi connectivity index (χ0) is 14.1. The number of hydrogen-bond donors (Lipinski definition) is 1. The van der Waals surface area contributed by atoms with Crippen molar-refractivity contribution < 1.29 is 0 Å². The molecular formula is C15H17ClN4. The van der Waals surface area contributed by atoms with Gasteiger partial charge >= 0.3 is 0 Å². The van der Waals surface area contributed by atoms with Crippen LogP contribution in [0.3, 0.4) is 0 Å². The van der Waals surface area contributed by atoms with Gasteiger partial charge in [-0.3, -0.25) is 4.98 Å². The van der Waals surface area contributed by atoms with Crippen molar-refractivity contribution in [1.29, 1.82) is 0 Å². The first-order valence-corrected chi connectivity index (χ1v) is 7.25. The summed E-state index contributed by atoms with van der Waals surface area (Å²) < 4.78 is 0. The van der Waals surface area contributed by atoms with Gasteiger partial charge in [0.25, 0.3) is 0 Å². The molecule has 3 rings (SSSR count). The standard InChI is InChI=1S/C15H17ClN4/c1-9(2)14-11-5-6-17-8-13(11)19-15(20-14)12-4-3-10(16)7-18-12/h3-4,7,9,17H,5-6,8H2,1-2H3. The highest BCUT2D eigenvalue weighted by atomic mass is 35.5. The summed E-state index contributed by atoms with van der Waals surface area (Å²) in [5.41, 5.74) is 4.31. The monoisotopic (exact) mass is 288 g/mol. The zero-order valence-electron chi connectivity index (χ0n) is 11.7. The molecule has 3 heterocycles. The molecule has 0 spiro atoms. The van der Waals surface area contributed by atoms with Gasteiger partial charge < -0.3 is 5.32 Å². The minimum atomic E-state index is 0.385. The van der Waals surface area contributed by atoms with Crippen LogP contribution in [0.25, 0.3) is 11.5 Å². The summed E-state index contributed by atoms with van der Waals surface area (Å²) in [4.78, 5) is 13.7. The van der Waals surface area contributed by atoms with E-state index in [1.807, 2.05) is 12.1 Å². The minimum Gasteiger partial charge on any atom is -0.311 e. The van der Waals surface area contributed by atoms with Crippen molar-refractivity contribution >= 4 is 11.6 Å². The van der Waals surface area contributed by atoms with Gasteiger partial charge in [0.2, 0.25) is 0 Å². The smallest absolute Gasteiger partial charge is 0.178 e. The first kappa shape index (κ1) is 13.5. The molecule has 5 heteroatoms. The second-order valence-electron chi connectivity index (χ2n) is 5.30. The summed E-state index contributed by atoms with van der Waals surface area (Å²) in [6.07, 6.45) is 2.63. The van der Waals surface area contributed by atoms with E-state index >= 15 is 0 Å². The summed E-state index contributed by atoms with van der Waals surface area (Å²) in [5, 5.41) is 3.99. The van der Waals surface area contributed by atoms with Gasteiger partial charge in [-0.15, -0.1) is 0 Å². The summed E-state index contributed by atoms with van der Waals surface area (Å²) >= 11 is 5.88. The van der Waals surface area contributed by atoms with Crippen LogP contribution in [0.1, 0.15) is 36.7 Å². The van der Waals surface area contributed by atoms with Gasteiger partial charge in [-0.2, -0.15) is 0 Å². The van der Waals surface area contributed by atoms with Gasteiger partial charge in [0.05, 0.1) is 16.4 Å². The van der Waals surface area contributed by atoms with Crippen molar-refractivity contribution in [3.05, 3.63) is 40.3 Å². The first-order chi connectivity index (χ1) is 9.65. The molecule has 20 heavy (non-hydrogen) atoms. The van der Waals surface area contributed by atoms with Crippen LogP contribution in [0.2, 0.25) is 5.02 Å². The lowest BCUT2D eigenvalue weighted by atomic mass is 9.97. The van der Waals surface area contributed by atoms with Crippen molar-refractivity contribution in [2.75, 3.05) is 6.54 Å². The molecule has 0 amide bonds. The molecule has 1 aliphatic rings. The number of aromatic nitrogens is 3. The Bertz CT molecular complexity index is 623. The molecule has 0 unspecified atom stereocenters. The maximum atomic E-state index is 5.88. The minimum absolute atomic E-state index is 0.385. The van der Waals surface area contributed by atoms with Crippen LogP contribution >= 0.6 is 11.6 Å². The van der Waals surface area contributed by atoms with E-state index in [0.29, 0.717) is 16.8 Å². The van der Waals surface area contributed by atoms with Gasteiger partial charge in [-0.1, -0.05) is 25.4 Å². The van der Waals surface area contributed by atoms with E-state index in [9.17, 15) is 0 Å². The Balaban J connectivity index is 2.12. The third kappa shape index (κ3) is 2.53. The fourth-order valence-electron chi connectivity index (χ4n) is 2.49. The predicted octanol–water partition coefficient (Wildman–Crippen LogP) is 2.96. The highest BCUT2D eigenvalue weighted by Gasteiger charge is 2.20. The maximum Gasteiger partial charge on any atom is 0.178 e. The molecule has 4 nitrogen and oxygen atoms in total. The lowest BCUT2D eigenvalue weighted by Gasteiger charge is -2.21. The van der Waals surface area contributed by atoms with Crippen LogP contribution in [0, 0.1) is 0 Å². The number of nitrogens with zero attached hydrogens (tertiary/aromatic N) is 3. The fourth-order valence-corrected chi connectivity index (χ4v) is 2.60. The number of nitrogens with one attached hydrogen (secondary N) is 1. The Kier molecular flexibility index (Phi) is 3.68. The van der Waals surface area contributed by atoms with Crippen molar-refractivity contribution in [3.63, 3.8) is 0 Å². The molecule has 2 aromatic rings. The predicted molar refractivity (Wildman–Crippen MR) is 79.8 cm³/mol. The number of halogens is 1. The third-order valence-electron chi connectivity index (χ3n) is 3.47. The van der Waals surface area contributed by atoms with Crippen molar-refractivity contribution in [3.8, 4) is 11.5 Å². The quantitative estimate of drug-likeness (QED) is 0.923. The molecule has 1 N–H and O–H groups in total. The highest BCUT2D eigenvalue weighted by molar-refractivity contribution is 6.30. The van der Waals surface area contributed by atoms with E-state index < -0.39 is 0 Å². The third-order valence-corrected chi connectivity index (χ3v) is 3.70. The molecule has 0 fully saturated rings. The van der Waals surface area contributed by atoms with Crippen LogP contribution in [0.5, 0.6) is 0 Å². The van der Waals surface area contributed by atoms with Crippen LogP contribution < -0.4 is 5.32 Å². The molecule has 104 valence electrons. The van der Waals surface area contributed by atoms with Crippen LogP contribution in [0.4, 0.5) is 0 Å². The summed E-state index contributed by atoms with van der Waals surface area (Å²) in [6.45, 7) is 6.14. The van der Waals surface area contributed by atoms with Crippen LogP contribution in [-0.2, 0) is 13.0 Å². The van der Waals surface area contributed by atoms with Crippen molar-refractivity contribution in [1.82, 2.24) is 20.3 Å². The van der Waals surface area contributed by atoms with E-state index in [4.69, 9.17) is 16.6 Å². The Morgan fingerprint density at radius 1 is 1.25 bits per heavy atom. The maximum absolute atomic E-state index is 5.88. The molecule has 0 aliphatic carbocycles. The number of hydrogen-bond acceptors (Lipinski definition) is 4. The highest BCUT2D eigenvalue weighted by Crippen LogP contribution is 2.25. The molecule has 0 bridgehead atoms. The fraction of sp³-hybridized carbons (Fsp3) is 0.400. The summed E-state index contributed by atoms with van der Waals surface area (Å²) in [6, 6.07) is 3.68. The van der Waals surface area contributed by atoms with Crippen LogP contribution in [-0.4, -0.2) is 21.5 Å². The Hall–Kier alpha value is -1.52. The molecule has 0 saturated carbocycles. The Morgan fingerprint density at radius 3 is 2.80 bits per heavy atom. The van der Waals surface area contributed by atoms with Gasteiger partial charge in [0, 0.05) is 12.7 Å². The van der Waals surface area contributed by atoms with E-state index in [-0.39, 0.29) is 0 Å². The zero-order valence-corrected chi connectivity index (χ0v) is 12.4. The van der Waals surface area contributed by atoms with Gasteiger partial charge in [-0.25, -0.2) is 9.97 Å². The summed E-state index contributed by atoms with van der Waals surface area (Å²) in [7, 11) is 0. The lowest BCUT2D eigenvalue weighted by Crippen LogP contribution is -2.27. The molecule has 2 aromatic heterocycles. The first-order valence-electron chi connectivity index (χ1n) is 6.87. The largest absolute Gasteiger partial charge is 0.311 e. The molecular weight excluding hydrogens is 272 g/mol.